The number of rotatable bonds is 5. The highest BCUT2D eigenvalue weighted by Crippen LogP contribution is 2.17. The lowest BCUT2D eigenvalue weighted by atomic mass is 10.1. The van der Waals surface area contributed by atoms with Crippen molar-refractivity contribution in [1.29, 1.82) is 0 Å². The Labute approximate surface area is 112 Å². The number of ether oxygens (including phenoxy) is 2. The fourth-order valence-electron chi connectivity index (χ4n) is 2.04. The maximum Gasteiger partial charge on any atom is 0.336 e. The van der Waals surface area contributed by atoms with Crippen LogP contribution in [-0.2, 0) is 4.74 Å². The van der Waals surface area contributed by atoms with Crippen molar-refractivity contribution in [3.63, 3.8) is 0 Å². The molecule has 1 fully saturated rings. The first-order valence-electron chi connectivity index (χ1n) is 6.43. The Morgan fingerprint density at radius 3 is 2.84 bits per heavy atom. The van der Waals surface area contributed by atoms with Gasteiger partial charge in [0.2, 0.25) is 0 Å². The number of morpholine rings is 1. The van der Waals surface area contributed by atoms with Gasteiger partial charge in [0.15, 0.2) is 0 Å². The molecule has 19 heavy (non-hydrogen) atoms. The van der Waals surface area contributed by atoms with E-state index in [-0.39, 0.29) is 0 Å². The lowest BCUT2D eigenvalue weighted by molar-refractivity contribution is 0.0322. The summed E-state index contributed by atoms with van der Waals surface area (Å²) < 4.78 is 10.9. The molecule has 1 aliphatic heterocycles. The number of hydrogen-bond acceptors (Lipinski definition) is 4. The Hall–Kier alpha value is -1.59. The minimum absolute atomic E-state index is 0.295. The van der Waals surface area contributed by atoms with E-state index < -0.39 is 5.97 Å². The molecule has 2 rings (SSSR count). The fourth-order valence-corrected chi connectivity index (χ4v) is 2.04. The smallest absolute Gasteiger partial charge is 0.336 e. The van der Waals surface area contributed by atoms with E-state index in [0.29, 0.717) is 17.9 Å². The van der Waals surface area contributed by atoms with Gasteiger partial charge in [-0.25, -0.2) is 4.79 Å². The lowest BCUT2D eigenvalue weighted by Gasteiger charge is -2.26. The first kappa shape index (κ1) is 13.8. The molecule has 5 heteroatoms. The fraction of sp³-hybridized carbons (Fsp3) is 0.500. The van der Waals surface area contributed by atoms with Gasteiger partial charge in [0, 0.05) is 19.6 Å². The molecule has 0 unspecified atom stereocenters. The van der Waals surface area contributed by atoms with Crippen molar-refractivity contribution in [2.24, 2.45) is 0 Å². The Balaban J connectivity index is 1.85. The third-order valence-corrected chi connectivity index (χ3v) is 3.22. The summed E-state index contributed by atoms with van der Waals surface area (Å²) in [6.07, 6.45) is 0. The number of aryl methyl sites for hydroxylation is 1. The molecule has 0 radical (unpaired) electrons. The van der Waals surface area contributed by atoms with E-state index in [1.807, 2.05) is 0 Å². The standard InChI is InChI=1S/C14H19NO4/c1-11-2-3-12(10-13(11)14(16)17)19-9-6-15-4-7-18-8-5-15/h2-3,10H,4-9H2,1H3,(H,16,17). The molecule has 5 nitrogen and oxygen atoms in total. The molecule has 1 aliphatic rings. The minimum Gasteiger partial charge on any atom is -0.492 e. The van der Waals surface area contributed by atoms with E-state index in [0.717, 1.165) is 38.4 Å². The first-order chi connectivity index (χ1) is 9.16. The van der Waals surface area contributed by atoms with E-state index in [1.54, 1.807) is 25.1 Å². The summed E-state index contributed by atoms with van der Waals surface area (Å²) in [5.74, 6) is -0.313. The van der Waals surface area contributed by atoms with Gasteiger partial charge in [-0.15, -0.1) is 0 Å². The van der Waals surface area contributed by atoms with Crippen molar-refractivity contribution >= 4 is 5.97 Å². The highest BCUT2D eigenvalue weighted by molar-refractivity contribution is 5.89. The maximum atomic E-state index is 11.0. The third kappa shape index (κ3) is 3.94. The highest BCUT2D eigenvalue weighted by Gasteiger charge is 2.11. The number of benzene rings is 1. The van der Waals surface area contributed by atoms with Crippen LogP contribution in [0.1, 0.15) is 15.9 Å². The molecule has 0 aliphatic carbocycles. The normalized spacial score (nSPS) is 16.3. The van der Waals surface area contributed by atoms with Gasteiger partial charge in [0.05, 0.1) is 18.8 Å². The van der Waals surface area contributed by atoms with Crippen LogP contribution in [0.2, 0.25) is 0 Å². The molecular weight excluding hydrogens is 246 g/mol. The Kier molecular flexibility index (Phi) is 4.76. The average molecular weight is 265 g/mol. The summed E-state index contributed by atoms with van der Waals surface area (Å²) in [6, 6.07) is 5.16. The van der Waals surface area contributed by atoms with Crippen molar-refractivity contribution in [3.05, 3.63) is 29.3 Å². The summed E-state index contributed by atoms with van der Waals surface area (Å²) in [5.41, 5.74) is 1.04. The van der Waals surface area contributed by atoms with Crippen molar-refractivity contribution in [1.82, 2.24) is 4.90 Å². The van der Waals surface area contributed by atoms with Crippen molar-refractivity contribution < 1.29 is 19.4 Å². The van der Waals surface area contributed by atoms with Gasteiger partial charge in [-0.1, -0.05) is 6.07 Å². The van der Waals surface area contributed by atoms with Crippen LogP contribution in [0.15, 0.2) is 18.2 Å². The number of carbonyl (C=O) groups is 1. The quantitative estimate of drug-likeness (QED) is 0.872. The molecule has 1 aromatic rings. The van der Waals surface area contributed by atoms with E-state index in [1.165, 1.54) is 0 Å². The molecular formula is C14H19NO4. The van der Waals surface area contributed by atoms with Crippen molar-refractivity contribution in [2.75, 3.05) is 39.5 Å². The highest BCUT2D eigenvalue weighted by atomic mass is 16.5. The second-order valence-electron chi connectivity index (χ2n) is 4.58. The second kappa shape index (κ2) is 6.54. The summed E-state index contributed by atoms with van der Waals surface area (Å²) >= 11 is 0. The molecule has 0 spiro atoms. The van der Waals surface area contributed by atoms with Crippen LogP contribution in [0.25, 0.3) is 0 Å². The summed E-state index contributed by atoms with van der Waals surface area (Å²) in [7, 11) is 0. The molecule has 104 valence electrons. The van der Waals surface area contributed by atoms with E-state index in [2.05, 4.69) is 4.90 Å². The van der Waals surface area contributed by atoms with Gasteiger partial charge in [-0.2, -0.15) is 0 Å². The zero-order valence-electron chi connectivity index (χ0n) is 11.1. The van der Waals surface area contributed by atoms with Crippen LogP contribution in [-0.4, -0.2) is 55.4 Å². The van der Waals surface area contributed by atoms with Gasteiger partial charge < -0.3 is 14.6 Å². The predicted molar refractivity (Wildman–Crippen MR) is 70.9 cm³/mol. The molecule has 1 saturated heterocycles. The Morgan fingerprint density at radius 2 is 2.16 bits per heavy atom. The van der Waals surface area contributed by atoms with Crippen LogP contribution in [0, 0.1) is 6.92 Å². The van der Waals surface area contributed by atoms with E-state index in [4.69, 9.17) is 14.6 Å². The van der Waals surface area contributed by atoms with E-state index in [9.17, 15) is 4.79 Å². The van der Waals surface area contributed by atoms with Crippen LogP contribution >= 0.6 is 0 Å². The van der Waals surface area contributed by atoms with Crippen molar-refractivity contribution in [3.8, 4) is 5.75 Å². The van der Waals surface area contributed by atoms with Gasteiger partial charge in [-0.3, -0.25) is 4.90 Å². The minimum atomic E-state index is -0.920. The molecule has 0 amide bonds. The lowest BCUT2D eigenvalue weighted by Crippen LogP contribution is -2.38. The topological polar surface area (TPSA) is 59.0 Å². The number of aromatic carboxylic acids is 1. The van der Waals surface area contributed by atoms with Crippen LogP contribution in [0.4, 0.5) is 0 Å². The molecule has 1 heterocycles. The maximum absolute atomic E-state index is 11.0. The summed E-state index contributed by atoms with van der Waals surface area (Å²) in [6.45, 7) is 6.57. The van der Waals surface area contributed by atoms with Gasteiger partial charge in [0.1, 0.15) is 12.4 Å². The number of nitrogens with zero attached hydrogens (tertiary/aromatic N) is 1. The molecule has 1 aromatic carbocycles. The van der Waals surface area contributed by atoms with Crippen LogP contribution in [0.3, 0.4) is 0 Å². The Bertz CT molecular complexity index is 441. The van der Waals surface area contributed by atoms with Crippen molar-refractivity contribution in [2.45, 2.75) is 6.92 Å². The van der Waals surface area contributed by atoms with Gasteiger partial charge in [0.25, 0.3) is 0 Å². The number of carboxylic acids is 1. The molecule has 1 N–H and O–H groups in total. The zero-order valence-corrected chi connectivity index (χ0v) is 11.1. The van der Waals surface area contributed by atoms with Crippen LogP contribution < -0.4 is 4.74 Å². The largest absolute Gasteiger partial charge is 0.492 e. The molecule has 0 aromatic heterocycles. The monoisotopic (exact) mass is 265 g/mol. The number of hydrogen-bond donors (Lipinski definition) is 1. The molecule has 0 bridgehead atoms. The Morgan fingerprint density at radius 1 is 1.42 bits per heavy atom. The third-order valence-electron chi connectivity index (χ3n) is 3.22. The predicted octanol–water partition coefficient (Wildman–Crippen LogP) is 1.40. The van der Waals surface area contributed by atoms with E-state index >= 15 is 0 Å². The zero-order chi connectivity index (χ0) is 13.7. The number of carboxylic acid groups (broad SMARTS) is 1. The molecule has 0 saturated carbocycles. The summed E-state index contributed by atoms with van der Waals surface area (Å²) in [5, 5.41) is 9.04. The average Bonchev–Trinajstić information content (AvgIpc) is 2.41. The second-order valence-corrected chi connectivity index (χ2v) is 4.58. The van der Waals surface area contributed by atoms with Gasteiger partial charge >= 0.3 is 5.97 Å². The SMILES string of the molecule is Cc1ccc(OCCN2CCOCC2)cc1C(=O)O. The van der Waals surface area contributed by atoms with Gasteiger partial charge in [-0.05, 0) is 24.6 Å². The summed E-state index contributed by atoms with van der Waals surface area (Å²) in [4.78, 5) is 13.3. The first-order valence-corrected chi connectivity index (χ1v) is 6.43. The van der Waals surface area contributed by atoms with Crippen LogP contribution in [0.5, 0.6) is 5.75 Å². The molecule has 0 atom stereocenters.